The first kappa shape index (κ1) is 11.2. The van der Waals surface area contributed by atoms with Crippen molar-refractivity contribution in [2.24, 2.45) is 0 Å². The summed E-state index contributed by atoms with van der Waals surface area (Å²) in [6, 6.07) is 4.07. The molecule has 0 unspecified atom stereocenters. The number of hydrogen-bond donors (Lipinski definition) is 1. The van der Waals surface area contributed by atoms with Crippen molar-refractivity contribution in [1.29, 1.82) is 0 Å². The maximum Gasteiger partial charge on any atom is 0.290 e. The molecular weight excluding hydrogens is 253 g/mol. The molecule has 1 saturated heterocycles. The van der Waals surface area contributed by atoms with Gasteiger partial charge in [0.2, 0.25) is 0 Å². The lowest BCUT2D eigenvalue weighted by Gasteiger charge is -1.97. The van der Waals surface area contributed by atoms with E-state index in [-0.39, 0.29) is 9.93 Å². The predicted octanol–water partition coefficient (Wildman–Crippen LogP) is 2.80. The summed E-state index contributed by atoms with van der Waals surface area (Å²) in [7, 11) is 0. The summed E-state index contributed by atoms with van der Waals surface area (Å²) in [6.07, 6.45) is 1.48. The molecule has 0 saturated carbocycles. The maximum absolute atomic E-state index is 12.9. The Morgan fingerprint density at radius 2 is 2.12 bits per heavy atom. The first-order valence-electron chi connectivity index (χ1n) is 4.26. The van der Waals surface area contributed by atoms with E-state index in [2.05, 4.69) is 5.32 Å². The van der Waals surface area contributed by atoms with Gasteiger partial charge >= 0.3 is 0 Å². The largest absolute Gasteiger partial charge is 0.290 e. The van der Waals surface area contributed by atoms with E-state index in [9.17, 15) is 14.0 Å². The van der Waals surface area contributed by atoms with Crippen LogP contribution in [0, 0.1) is 5.82 Å². The molecular formula is C10H5ClFNO2S. The smallest absolute Gasteiger partial charge is 0.282 e. The zero-order valence-corrected chi connectivity index (χ0v) is 9.36. The van der Waals surface area contributed by atoms with Crippen molar-refractivity contribution in [3.63, 3.8) is 0 Å². The van der Waals surface area contributed by atoms with Crippen molar-refractivity contribution in [2.45, 2.75) is 0 Å². The molecule has 1 N–H and O–H groups in total. The van der Waals surface area contributed by atoms with Crippen LogP contribution >= 0.6 is 23.4 Å². The highest BCUT2D eigenvalue weighted by molar-refractivity contribution is 8.18. The Kier molecular flexibility index (Phi) is 2.98. The first-order valence-corrected chi connectivity index (χ1v) is 5.45. The summed E-state index contributed by atoms with van der Waals surface area (Å²) >= 11 is 6.39. The number of benzene rings is 1. The second kappa shape index (κ2) is 4.27. The molecule has 0 bridgehead atoms. The van der Waals surface area contributed by atoms with Gasteiger partial charge in [0, 0.05) is 0 Å². The third-order valence-corrected chi connectivity index (χ3v) is 2.98. The van der Waals surface area contributed by atoms with Crippen LogP contribution in [0.4, 0.5) is 9.18 Å². The highest BCUT2D eigenvalue weighted by Crippen LogP contribution is 2.26. The predicted molar refractivity (Wildman–Crippen MR) is 60.5 cm³/mol. The molecule has 16 heavy (non-hydrogen) atoms. The van der Waals surface area contributed by atoms with Crippen LogP contribution < -0.4 is 5.32 Å². The van der Waals surface area contributed by atoms with Gasteiger partial charge in [-0.05, 0) is 35.5 Å². The number of nitrogens with one attached hydrogen (secondary N) is 1. The average molecular weight is 258 g/mol. The quantitative estimate of drug-likeness (QED) is 0.787. The van der Waals surface area contributed by atoms with Crippen LogP contribution in [0.25, 0.3) is 6.08 Å². The summed E-state index contributed by atoms with van der Waals surface area (Å²) < 4.78 is 12.9. The second-order valence-electron chi connectivity index (χ2n) is 3.03. The molecule has 1 heterocycles. The van der Waals surface area contributed by atoms with Gasteiger partial charge in [0.1, 0.15) is 5.82 Å². The number of carbonyl (C=O) groups is 2. The molecule has 0 radical (unpaired) electrons. The fourth-order valence-corrected chi connectivity index (χ4v) is 2.05. The molecule has 6 heteroatoms. The first-order chi connectivity index (χ1) is 7.56. The van der Waals surface area contributed by atoms with Gasteiger partial charge < -0.3 is 0 Å². The Morgan fingerprint density at radius 1 is 1.38 bits per heavy atom. The van der Waals surface area contributed by atoms with Gasteiger partial charge in [-0.25, -0.2) is 4.39 Å². The third-order valence-electron chi connectivity index (χ3n) is 1.88. The van der Waals surface area contributed by atoms with Gasteiger partial charge in [-0.3, -0.25) is 14.9 Å². The molecule has 82 valence electrons. The standard InChI is InChI=1S/C10H5ClFNO2S/c11-6-3-5(1-2-7(6)12)4-8-9(14)13-10(15)16-8/h1-4H,(H,13,14,15). The number of amides is 2. The van der Waals surface area contributed by atoms with Crippen LogP contribution in [0.2, 0.25) is 5.02 Å². The van der Waals surface area contributed by atoms with E-state index in [0.717, 1.165) is 11.8 Å². The molecule has 1 aromatic carbocycles. The number of rotatable bonds is 1. The lowest BCUT2D eigenvalue weighted by Crippen LogP contribution is -2.17. The van der Waals surface area contributed by atoms with Crippen LogP contribution in [0.5, 0.6) is 0 Å². The maximum atomic E-state index is 12.9. The van der Waals surface area contributed by atoms with E-state index in [1.165, 1.54) is 24.3 Å². The fourth-order valence-electron chi connectivity index (χ4n) is 1.17. The lowest BCUT2D eigenvalue weighted by molar-refractivity contribution is -0.115. The van der Waals surface area contributed by atoms with Gasteiger partial charge in [0.25, 0.3) is 11.1 Å². The van der Waals surface area contributed by atoms with Crippen molar-refractivity contribution < 1.29 is 14.0 Å². The van der Waals surface area contributed by atoms with E-state index in [4.69, 9.17) is 11.6 Å². The molecule has 0 aromatic heterocycles. The minimum Gasteiger partial charge on any atom is -0.282 e. The summed E-state index contributed by atoms with van der Waals surface area (Å²) in [6.45, 7) is 0. The number of imide groups is 1. The summed E-state index contributed by atoms with van der Waals surface area (Å²) in [5.74, 6) is -0.973. The zero-order chi connectivity index (χ0) is 11.7. The molecule has 3 nitrogen and oxygen atoms in total. The van der Waals surface area contributed by atoms with Gasteiger partial charge in [0.05, 0.1) is 9.93 Å². The molecule has 0 atom stereocenters. The highest BCUT2D eigenvalue weighted by Gasteiger charge is 2.24. The number of thioether (sulfide) groups is 1. The number of halogens is 2. The minimum absolute atomic E-state index is 0.0240. The number of carbonyl (C=O) groups excluding carboxylic acids is 2. The van der Waals surface area contributed by atoms with Crippen LogP contribution in [0.15, 0.2) is 23.1 Å². The fraction of sp³-hybridized carbons (Fsp3) is 0. The van der Waals surface area contributed by atoms with Crippen molar-refractivity contribution in [1.82, 2.24) is 5.32 Å². The summed E-state index contributed by atoms with van der Waals surface area (Å²) in [5, 5.41) is 1.69. The Hall–Kier alpha value is -1.33. The lowest BCUT2D eigenvalue weighted by atomic mass is 10.2. The molecule has 2 rings (SSSR count). The van der Waals surface area contributed by atoms with Crippen LogP contribution in [-0.4, -0.2) is 11.1 Å². The van der Waals surface area contributed by atoms with Crippen LogP contribution in [0.3, 0.4) is 0 Å². The van der Waals surface area contributed by atoms with Gasteiger partial charge in [-0.1, -0.05) is 17.7 Å². The Balaban J connectivity index is 2.32. The summed E-state index contributed by atoms with van der Waals surface area (Å²) in [5.41, 5.74) is 0.568. The second-order valence-corrected chi connectivity index (χ2v) is 4.45. The van der Waals surface area contributed by atoms with Crippen LogP contribution in [-0.2, 0) is 4.79 Å². The Bertz CT molecular complexity index is 516. The Morgan fingerprint density at radius 3 is 2.69 bits per heavy atom. The average Bonchev–Trinajstić information content (AvgIpc) is 2.51. The molecule has 1 aliphatic heterocycles. The molecule has 1 aliphatic rings. The molecule has 0 aliphatic carbocycles. The normalized spacial score (nSPS) is 18.0. The summed E-state index contributed by atoms with van der Waals surface area (Å²) in [4.78, 5) is 22.4. The molecule has 2 amide bonds. The molecule has 0 spiro atoms. The SMILES string of the molecule is O=C1NC(=O)C(=Cc2ccc(F)c(Cl)c2)S1. The van der Waals surface area contributed by atoms with Gasteiger partial charge in [-0.15, -0.1) is 0 Å². The monoisotopic (exact) mass is 257 g/mol. The van der Waals surface area contributed by atoms with E-state index in [1.807, 2.05) is 0 Å². The van der Waals surface area contributed by atoms with Crippen molar-refractivity contribution in [2.75, 3.05) is 0 Å². The van der Waals surface area contributed by atoms with Gasteiger partial charge in [-0.2, -0.15) is 0 Å². The molecule has 1 aromatic rings. The Labute approximate surface area is 99.7 Å². The van der Waals surface area contributed by atoms with Crippen molar-refractivity contribution in [3.05, 3.63) is 39.5 Å². The van der Waals surface area contributed by atoms with Gasteiger partial charge in [0.15, 0.2) is 0 Å². The van der Waals surface area contributed by atoms with Crippen molar-refractivity contribution >= 4 is 40.6 Å². The molecule has 1 fully saturated rings. The van der Waals surface area contributed by atoms with E-state index in [1.54, 1.807) is 0 Å². The number of hydrogen-bond acceptors (Lipinski definition) is 3. The topological polar surface area (TPSA) is 46.2 Å². The van der Waals surface area contributed by atoms with Crippen LogP contribution in [0.1, 0.15) is 5.56 Å². The highest BCUT2D eigenvalue weighted by atomic mass is 35.5. The minimum atomic E-state index is -0.525. The van der Waals surface area contributed by atoms with E-state index in [0.29, 0.717) is 5.56 Å². The van der Waals surface area contributed by atoms with E-state index < -0.39 is 17.0 Å². The van der Waals surface area contributed by atoms with Crippen molar-refractivity contribution in [3.8, 4) is 0 Å². The zero-order valence-electron chi connectivity index (χ0n) is 7.79. The van der Waals surface area contributed by atoms with E-state index >= 15 is 0 Å². The third kappa shape index (κ3) is 2.25.